The molecular formula is C22H24N2O3S3. The molecule has 0 N–H and O–H groups in total. The van der Waals surface area contributed by atoms with Crippen molar-refractivity contribution in [2.24, 2.45) is 0 Å². The van der Waals surface area contributed by atoms with Gasteiger partial charge in [-0.05, 0) is 35.2 Å². The summed E-state index contributed by atoms with van der Waals surface area (Å²) < 4.78 is 12.2. The molecular weight excluding hydrogens is 436 g/mol. The summed E-state index contributed by atoms with van der Waals surface area (Å²) in [6, 6.07) is 13.9. The van der Waals surface area contributed by atoms with Gasteiger partial charge in [0.25, 0.3) is 0 Å². The third-order valence-corrected chi connectivity index (χ3v) is 7.69. The lowest BCUT2D eigenvalue weighted by atomic mass is 10.0. The topological polar surface area (TPSA) is 61.3 Å². The summed E-state index contributed by atoms with van der Waals surface area (Å²) >= 11 is 4.59. The molecule has 0 aliphatic rings. The summed E-state index contributed by atoms with van der Waals surface area (Å²) in [5.41, 5.74) is 3.19. The van der Waals surface area contributed by atoms with Crippen LogP contribution in [0.3, 0.4) is 0 Å². The van der Waals surface area contributed by atoms with Crippen molar-refractivity contribution >= 4 is 40.6 Å². The molecule has 0 aliphatic heterocycles. The number of carbonyl (C=O) groups excluding carboxylic acids is 1. The highest BCUT2D eigenvalue weighted by Crippen LogP contribution is 2.32. The molecule has 5 nitrogen and oxygen atoms in total. The van der Waals surface area contributed by atoms with Crippen molar-refractivity contribution in [3.05, 3.63) is 59.2 Å². The minimum Gasteiger partial charge on any atom is -0.493 e. The van der Waals surface area contributed by atoms with Crippen LogP contribution in [0.15, 0.2) is 51.1 Å². The number of hydrogen-bond acceptors (Lipinski definition) is 8. The predicted octanol–water partition coefficient (Wildman–Crippen LogP) is 5.95. The summed E-state index contributed by atoms with van der Waals surface area (Å²) in [4.78, 5) is 12.5. The van der Waals surface area contributed by atoms with Gasteiger partial charge < -0.3 is 9.47 Å². The number of benzene rings is 2. The van der Waals surface area contributed by atoms with Crippen LogP contribution in [-0.2, 0) is 5.75 Å². The summed E-state index contributed by atoms with van der Waals surface area (Å²) in [7, 11) is 3.13. The predicted molar refractivity (Wildman–Crippen MR) is 125 cm³/mol. The second kappa shape index (κ2) is 10.8. The Morgan fingerprint density at radius 2 is 1.63 bits per heavy atom. The van der Waals surface area contributed by atoms with Gasteiger partial charge in [-0.3, -0.25) is 4.79 Å². The fraction of sp³-hybridized carbons (Fsp3) is 0.318. The lowest BCUT2D eigenvalue weighted by Crippen LogP contribution is -2.03. The Bertz CT molecular complexity index is 988. The van der Waals surface area contributed by atoms with E-state index < -0.39 is 0 Å². The third-order valence-electron chi connectivity index (χ3n) is 4.43. The minimum absolute atomic E-state index is 0.00981. The Labute approximate surface area is 189 Å². The average Bonchev–Trinajstić information content (AvgIpc) is 3.23. The third kappa shape index (κ3) is 6.00. The van der Waals surface area contributed by atoms with E-state index in [1.807, 2.05) is 0 Å². The Morgan fingerprint density at radius 3 is 2.27 bits per heavy atom. The number of rotatable bonds is 10. The highest BCUT2D eigenvalue weighted by molar-refractivity contribution is 8.03. The average molecular weight is 461 g/mol. The van der Waals surface area contributed by atoms with E-state index in [1.165, 1.54) is 34.2 Å². The Kier molecular flexibility index (Phi) is 8.18. The molecule has 0 radical (unpaired) electrons. The molecule has 3 rings (SSSR count). The molecule has 0 unspecified atom stereocenters. The van der Waals surface area contributed by atoms with Crippen LogP contribution < -0.4 is 9.47 Å². The first-order valence-electron chi connectivity index (χ1n) is 9.43. The number of ketones is 1. The lowest BCUT2D eigenvalue weighted by molar-refractivity contribution is 0.102. The fourth-order valence-corrected chi connectivity index (χ4v) is 5.55. The Hall–Kier alpha value is -2.03. The van der Waals surface area contributed by atoms with Crippen LogP contribution in [0, 0.1) is 0 Å². The van der Waals surface area contributed by atoms with Gasteiger partial charge in [0.1, 0.15) is 0 Å². The number of hydrogen-bond donors (Lipinski definition) is 0. The quantitative estimate of drug-likeness (QED) is 0.274. The van der Waals surface area contributed by atoms with Gasteiger partial charge in [0.05, 0.1) is 20.0 Å². The van der Waals surface area contributed by atoms with E-state index in [1.54, 1.807) is 44.2 Å². The monoisotopic (exact) mass is 460 g/mol. The summed E-state index contributed by atoms with van der Waals surface area (Å²) in [6.07, 6.45) is 0. The van der Waals surface area contributed by atoms with Crippen LogP contribution in [0.1, 0.15) is 41.3 Å². The number of nitrogens with zero attached hydrogens (tertiary/aromatic N) is 2. The molecule has 0 spiro atoms. The van der Waals surface area contributed by atoms with E-state index in [9.17, 15) is 4.79 Å². The zero-order valence-electron chi connectivity index (χ0n) is 17.4. The van der Waals surface area contributed by atoms with E-state index >= 15 is 0 Å². The number of Topliss-reactive ketones (excluding diaryl/α,β-unsaturated/α-hetero) is 1. The fourth-order valence-electron chi connectivity index (χ4n) is 2.68. The van der Waals surface area contributed by atoms with Gasteiger partial charge in [-0.2, -0.15) is 0 Å². The maximum Gasteiger partial charge on any atom is 0.175 e. The number of ether oxygens (including phenoxy) is 2. The van der Waals surface area contributed by atoms with Crippen molar-refractivity contribution in [2.75, 3.05) is 20.0 Å². The maximum atomic E-state index is 12.5. The van der Waals surface area contributed by atoms with Crippen molar-refractivity contribution in [3.63, 3.8) is 0 Å². The second-order valence-electron chi connectivity index (χ2n) is 6.80. The van der Waals surface area contributed by atoms with E-state index in [0.717, 1.165) is 14.4 Å². The van der Waals surface area contributed by atoms with Gasteiger partial charge in [0, 0.05) is 11.3 Å². The standard InChI is InChI=1S/C22H24N2O3S3/c1-14(2)16-7-5-15(6-8-16)12-28-21-23-24-22(30-21)29-13-18(25)17-9-10-19(26-3)20(11-17)27-4/h5-11,14H,12-13H2,1-4H3. The molecule has 8 heteroatoms. The van der Waals surface area contributed by atoms with Gasteiger partial charge in [-0.25, -0.2) is 0 Å². The van der Waals surface area contributed by atoms with E-state index in [-0.39, 0.29) is 5.78 Å². The van der Waals surface area contributed by atoms with Gasteiger partial charge in [0.2, 0.25) is 0 Å². The van der Waals surface area contributed by atoms with E-state index in [0.29, 0.717) is 28.7 Å². The first-order valence-corrected chi connectivity index (χ1v) is 12.2. The van der Waals surface area contributed by atoms with Gasteiger partial charge in [-0.15, -0.1) is 10.2 Å². The highest BCUT2D eigenvalue weighted by atomic mass is 32.2. The summed E-state index contributed by atoms with van der Waals surface area (Å²) in [6.45, 7) is 4.39. The molecule has 0 aliphatic carbocycles. The maximum absolute atomic E-state index is 12.5. The summed E-state index contributed by atoms with van der Waals surface area (Å²) in [5.74, 6) is 2.84. The van der Waals surface area contributed by atoms with Crippen molar-refractivity contribution < 1.29 is 14.3 Å². The van der Waals surface area contributed by atoms with Gasteiger partial charge in [-0.1, -0.05) is 73.0 Å². The van der Waals surface area contributed by atoms with Crippen LogP contribution >= 0.6 is 34.9 Å². The van der Waals surface area contributed by atoms with Crippen LogP contribution in [-0.4, -0.2) is 36.0 Å². The molecule has 0 amide bonds. The van der Waals surface area contributed by atoms with Crippen LogP contribution in [0.25, 0.3) is 0 Å². The number of thioether (sulfide) groups is 2. The van der Waals surface area contributed by atoms with Crippen molar-refractivity contribution in [2.45, 2.75) is 34.2 Å². The van der Waals surface area contributed by atoms with Crippen molar-refractivity contribution in [1.82, 2.24) is 10.2 Å². The Morgan fingerprint density at radius 1 is 0.967 bits per heavy atom. The molecule has 3 aromatic rings. The Balaban J connectivity index is 1.52. The zero-order chi connectivity index (χ0) is 21.5. The molecule has 0 fully saturated rings. The van der Waals surface area contributed by atoms with Gasteiger partial charge >= 0.3 is 0 Å². The van der Waals surface area contributed by atoms with Crippen molar-refractivity contribution in [3.8, 4) is 11.5 Å². The zero-order valence-corrected chi connectivity index (χ0v) is 19.8. The number of carbonyl (C=O) groups is 1. The second-order valence-corrected chi connectivity index (χ2v) is 10.2. The molecule has 30 heavy (non-hydrogen) atoms. The van der Waals surface area contributed by atoms with Gasteiger partial charge in [0.15, 0.2) is 26.0 Å². The van der Waals surface area contributed by atoms with E-state index in [4.69, 9.17) is 9.47 Å². The number of methoxy groups -OCH3 is 2. The first-order chi connectivity index (χ1) is 14.5. The van der Waals surface area contributed by atoms with Crippen molar-refractivity contribution in [1.29, 1.82) is 0 Å². The smallest absolute Gasteiger partial charge is 0.175 e. The summed E-state index contributed by atoms with van der Waals surface area (Å²) in [5, 5.41) is 8.45. The van der Waals surface area contributed by atoms with Crippen LogP contribution in [0.4, 0.5) is 0 Å². The molecule has 0 saturated carbocycles. The minimum atomic E-state index is 0.00981. The van der Waals surface area contributed by atoms with E-state index in [2.05, 4.69) is 48.3 Å². The van der Waals surface area contributed by atoms with Crippen LogP contribution in [0.5, 0.6) is 11.5 Å². The molecule has 0 bridgehead atoms. The molecule has 1 aromatic heterocycles. The number of aromatic nitrogens is 2. The highest BCUT2D eigenvalue weighted by Gasteiger charge is 2.13. The molecule has 1 heterocycles. The molecule has 0 saturated heterocycles. The first kappa shape index (κ1) is 22.7. The molecule has 0 atom stereocenters. The lowest BCUT2D eigenvalue weighted by Gasteiger charge is -2.08. The largest absolute Gasteiger partial charge is 0.493 e. The molecule has 158 valence electrons. The van der Waals surface area contributed by atoms with Crippen LogP contribution in [0.2, 0.25) is 0 Å². The normalized spacial score (nSPS) is 11.0. The molecule has 2 aromatic carbocycles. The SMILES string of the molecule is COc1ccc(C(=O)CSc2nnc(SCc3ccc(C(C)C)cc3)s2)cc1OC.